The van der Waals surface area contributed by atoms with Crippen LogP contribution < -0.4 is 0 Å². The van der Waals surface area contributed by atoms with Gasteiger partial charge in [0.1, 0.15) is 0 Å². The van der Waals surface area contributed by atoms with Gasteiger partial charge in [-0.1, -0.05) is 22.9 Å². The van der Waals surface area contributed by atoms with Crippen LogP contribution in [0.25, 0.3) is 0 Å². The van der Waals surface area contributed by atoms with Gasteiger partial charge in [0.05, 0.1) is 0 Å². The highest BCUT2D eigenvalue weighted by Gasteiger charge is 2.36. The van der Waals surface area contributed by atoms with Crippen LogP contribution in [0, 0.1) is 0 Å². The van der Waals surface area contributed by atoms with Gasteiger partial charge in [0.25, 0.3) is 5.92 Å². The summed E-state index contributed by atoms with van der Waals surface area (Å²) in [7, 11) is 0. The Morgan fingerprint density at radius 1 is 1.56 bits per heavy atom. The summed E-state index contributed by atoms with van der Waals surface area (Å²) in [4.78, 5) is 0. The van der Waals surface area contributed by atoms with Crippen LogP contribution >= 0.6 is 15.9 Å². The van der Waals surface area contributed by atoms with Gasteiger partial charge in [0, 0.05) is 11.8 Å². The highest BCUT2D eigenvalue weighted by molar-refractivity contribution is 9.09. The molecule has 0 aliphatic carbocycles. The minimum atomic E-state index is -3.16. The highest BCUT2D eigenvalue weighted by atomic mass is 79.9. The molecule has 0 saturated heterocycles. The topological polar surface area (TPSA) is 0 Å². The summed E-state index contributed by atoms with van der Waals surface area (Å²) in [5, 5.41) is -0.298. The summed E-state index contributed by atoms with van der Waals surface area (Å²) in [5.74, 6) is -3.16. The van der Waals surface area contributed by atoms with Gasteiger partial charge in [-0.15, -0.1) is 0 Å². The average Bonchev–Trinajstić information content (AvgIpc) is 1.86. The third kappa shape index (κ3) is 2.56. The van der Waals surface area contributed by atoms with Crippen LogP contribution in [-0.4, -0.2) is 17.4 Å². The van der Waals surface area contributed by atoms with Crippen molar-refractivity contribution in [3.05, 3.63) is 0 Å². The van der Waals surface area contributed by atoms with E-state index in [0.717, 1.165) is 0 Å². The maximum atomic E-state index is 12.1. The minimum absolute atomic E-state index is 0.298. The standard InChI is InChI=1S/C5H8BrF3/c1-2-5(8,9)4(7)3-6/h4H,2-3H2,1H3. The molecule has 0 radical (unpaired) electrons. The molecular formula is C5H8BrF3. The van der Waals surface area contributed by atoms with Gasteiger partial charge in [0.15, 0.2) is 6.17 Å². The largest absolute Gasteiger partial charge is 0.279 e. The highest BCUT2D eigenvalue weighted by Crippen LogP contribution is 2.25. The fourth-order valence-corrected chi connectivity index (χ4v) is 0.808. The van der Waals surface area contributed by atoms with Crippen molar-refractivity contribution in [2.45, 2.75) is 25.4 Å². The zero-order valence-electron chi connectivity index (χ0n) is 5.00. The van der Waals surface area contributed by atoms with Gasteiger partial charge in [-0.2, -0.15) is 0 Å². The van der Waals surface area contributed by atoms with Gasteiger partial charge in [-0.3, -0.25) is 0 Å². The second-order valence-electron chi connectivity index (χ2n) is 1.74. The Morgan fingerprint density at radius 3 is 2.11 bits per heavy atom. The molecule has 0 aromatic rings. The summed E-state index contributed by atoms with van der Waals surface area (Å²) >= 11 is 2.64. The van der Waals surface area contributed by atoms with E-state index in [-0.39, 0.29) is 5.33 Å². The summed E-state index contributed by atoms with van der Waals surface area (Å²) in [6.07, 6.45) is -2.50. The Balaban J connectivity index is 3.80. The monoisotopic (exact) mass is 204 g/mol. The maximum absolute atomic E-state index is 12.1. The molecule has 0 amide bonds. The molecule has 0 saturated carbocycles. The first kappa shape index (κ1) is 9.27. The summed E-state index contributed by atoms with van der Waals surface area (Å²) in [6, 6.07) is 0. The first-order chi connectivity index (χ1) is 4.04. The van der Waals surface area contributed by atoms with Gasteiger partial charge < -0.3 is 0 Å². The van der Waals surface area contributed by atoms with Crippen LogP contribution in [0.2, 0.25) is 0 Å². The molecule has 4 heteroatoms. The van der Waals surface area contributed by atoms with Crippen molar-refractivity contribution in [1.82, 2.24) is 0 Å². The number of hydrogen-bond donors (Lipinski definition) is 0. The Labute approximate surface area is 60.6 Å². The van der Waals surface area contributed by atoms with Crippen LogP contribution in [0.3, 0.4) is 0 Å². The zero-order valence-corrected chi connectivity index (χ0v) is 6.59. The average molecular weight is 205 g/mol. The molecule has 0 spiro atoms. The normalized spacial score (nSPS) is 15.7. The van der Waals surface area contributed by atoms with E-state index < -0.39 is 18.5 Å². The smallest absolute Gasteiger partial charge is 0.240 e. The van der Waals surface area contributed by atoms with Gasteiger partial charge >= 0.3 is 0 Å². The predicted molar refractivity (Wildman–Crippen MR) is 33.9 cm³/mol. The molecule has 0 N–H and O–H groups in total. The number of halogens is 4. The molecule has 0 fully saturated rings. The van der Waals surface area contributed by atoms with Crippen molar-refractivity contribution >= 4 is 15.9 Å². The minimum Gasteiger partial charge on any atom is -0.240 e. The second-order valence-corrected chi connectivity index (χ2v) is 2.38. The van der Waals surface area contributed by atoms with Crippen LogP contribution in [0.4, 0.5) is 13.2 Å². The summed E-state index contributed by atoms with van der Waals surface area (Å²) in [5.41, 5.74) is 0. The quantitative estimate of drug-likeness (QED) is 0.621. The van der Waals surface area contributed by atoms with Crippen molar-refractivity contribution in [2.24, 2.45) is 0 Å². The van der Waals surface area contributed by atoms with E-state index in [1.54, 1.807) is 0 Å². The van der Waals surface area contributed by atoms with E-state index in [9.17, 15) is 13.2 Å². The Morgan fingerprint density at radius 2 is 2.00 bits per heavy atom. The van der Waals surface area contributed by atoms with E-state index in [1.165, 1.54) is 6.92 Å². The lowest BCUT2D eigenvalue weighted by Crippen LogP contribution is -2.30. The number of hydrogen-bond acceptors (Lipinski definition) is 0. The second kappa shape index (κ2) is 3.44. The van der Waals surface area contributed by atoms with Crippen molar-refractivity contribution in [2.75, 3.05) is 5.33 Å². The number of rotatable bonds is 3. The van der Waals surface area contributed by atoms with Crippen LogP contribution in [0.5, 0.6) is 0 Å². The molecule has 1 unspecified atom stereocenters. The van der Waals surface area contributed by atoms with Gasteiger partial charge in [-0.05, 0) is 0 Å². The lowest BCUT2D eigenvalue weighted by Gasteiger charge is -2.15. The molecule has 0 aliphatic rings. The molecule has 0 nitrogen and oxygen atoms in total. The first-order valence-electron chi connectivity index (χ1n) is 2.62. The van der Waals surface area contributed by atoms with Crippen LogP contribution in [0.1, 0.15) is 13.3 Å². The Kier molecular flexibility index (Phi) is 3.54. The molecule has 0 aromatic heterocycles. The Bertz CT molecular complexity index is 84.3. The van der Waals surface area contributed by atoms with Crippen molar-refractivity contribution in [1.29, 1.82) is 0 Å². The first-order valence-corrected chi connectivity index (χ1v) is 3.74. The SMILES string of the molecule is CCC(F)(F)C(F)CBr. The molecule has 0 heterocycles. The lowest BCUT2D eigenvalue weighted by molar-refractivity contribution is -0.0648. The molecule has 0 aliphatic heterocycles. The van der Waals surface area contributed by atoms with E-state index in [0.29, 0.717) is 0 Å². The summed E-state index contributed by atoms with van der Waals surface area (Å²) in [6.45, 7) is 1.26. The molecule has 56 valence electrons. The van der Waals surface area contributed by atoms with E-state index >= 15 is 0 Å². The van der Waals surface area contributed by atoms with Gasteiger partial charge in [0.2, 0.25) is 0 Å². The third-order valence-electron chi connectivity index (χ3n) is 1.07. The molecule has 0 rings (SSSR count). The van der Waals surface area contributed by atoms with E-state index in [4.69, 9.17) is 0 Å². The van der Waals surface area contributed by atoms with E-state index in [1.807, 2.05) is 0 Å². The van der Waals surface area contributed by atoms with Crippen molar-refractivity contribution in [3.8, 4) is 0 Å². The predicted octanol–water partition coefficient (Wildman–Crippen LogP) is 2.76. The fraction of sp³-hybridized carbons (Fsp3) is 1.00. The molecule has 1 atom stereocenters. The van der Waals surface area contributed by atoms with Crippen molar-refractivity contribution in [3.63, 3.8) is 0 Å². The fourth-order valence-electron chi connectivity index (χ4n) is 0.334. The van der Waals surface area contributed by atoms with Crippen molar-refractivity contribution < 1.29 is 13.2 Å². The molecule has 0 bridgehead atoms. The third-order valence-corrected chi connectivity index (χ3v) is 1.63. The van der Waals surface area contributed by atoms with Gasteiger partial charge in [-0.25, -0.2) is 13.2 Å². The zero-order chi connectivity index (χ0) is 7.49. The summed E-state index contributed by atoms with van der Waals surface area (Å²) < 4.78 is 36.4. The molecular weight excluding hydrogens is 197 g/mol. The van der Waals surface area contributed by atoms with Crippen LogP contribution in [-0.2, 0) is 0 Å². The number of alkyl halides is 4. The maximum Gasteiger partial charge on any atom is 0.279 e. The Hall–Kier alpha value is 0.270. The van der Waals surface area contributed by atoms with E-state index in [2.05, 4.69) is 15.9 Å². The van der Waals surface area contributed by atoms with Crippen LogP contribution in [0.15, 0.2) is 0 Å². The molecule has 0 aromatic carbocycles. The lowest BCUT2D eigenvalue weighted by atomic mass is 10.2. The molecule has 9 heavy (non-hydrogen) atoms.